The minimum Gasteiger partial charge on any atom is -0.448 e. The number of nitrogens with one attached hydrogen (secondary N) is 2. The molecule has 290 valence electrons. The average molecular weight is 787 g/mol. The SMILES string of the molecule is CCCCCCCCCCCC(=O)n1cc(NC(=O)c2c(Cl)cccc2Cl)c(C(=O)NC2CCN(C(=O)OCC3c4ccccc4-c4ccccc43)CC2)n1. The number of aromatic nitrogens is 2. The van der Waals surface area contributed by atoms with Crippen LogP contribution in [-0.4, -0.2) is 64.2 Å². The Kier molecular flexibility index (Phi) is 14.0. The second-order valence-corrected chi connectivity index (χ2v) is 15.2. The van der Waals surface area contributed by atoms with Crippen molar-refractivity contribution in [2.24, 2.45) is 0 Å². The summed E-state index contributed by atoms with van der Waals surface area (Å²) < 4.78 is 6.99. The van der Waals surface area contributed by atoms with Gasteiger partial charge in [0.2, 0.25) is 5.91 Å². The van der Waals surface area contributed by atoms with Crippen molar-refractivity contribution in [2.75, 3.05) is 25.0 Å². The first-order valence-electron chi connectivity index (χ1n) is 19.5. The van der Waals surface area contributed by atoms with E-state index in [1.54, 1.807) is 23.1 Å². The molecule has 3 aromatic carbocycles. The van der Waals surface area contributed by atoms with Crippen molar-refractivity contribution in [3.8, 4) is 11.1 Å². The van der Waals surface area contributed by atoms with Crippen LogP contribution in [0.3, 0.4) is 0 Å². The van der Waals surface area contributed by atoms with Gasteiger partial charge in [-0.05, 0) is 53.6 Å². The molecule has 0 atom stereocenters. The largest absolute Gasteiger partial charge is 0.448 e. The number of ether oxygens (including phenoxy) is 1. The van der Waals surface area contributed by atoms with Crippen LogP contribution >= 0.6 is 23.2 Å². The van der Waals surface area contributed by atoms with Crippen LogP contribution in [0, 0.1) is 0 Å². The summed E-state index contributed by atoms with van der Waals surface area (Å²) in [5.41, 5.74) is 4.64. The molecule has 0 bridgehead atoms. The monoisotopic (exact) mass is 785 g/mol. The molecule has 10 nitrogen and oxygen atoms in total. The van der Waals surface area contributed by atoms with Crippen molar-refractivity contribution in [3.63, 3.8) is 0 Å². The zero-order chi connectivity index (χ0) is 38.7. The number of likely N-dealkylation sites (tertiary alicyclic amines) is 1. The molecule has 12 heteroatoms. The fourth-order valence-electron chi connectivity index (χ4n) is 7.51. The summed E-state index contributed by atoms with van der Waals surface area (Å²) in [7, 11) is 0. The molecular formula is C43H49Cl2N5O5. The fraction of sp³-hybridized carbons (Fsp3) is 0.419. The third-order valence-electron chi connectivity index (χ3n) is 10.5. The second-order valence-electron chi connectivity index (χ2n) is 14.4. The topological polar surface area (TPSA) is 123 Å². The molecule has 0 spiro atoms. The molecule has 1 saturated heterocycles. The predicted octanol–water partition coefficient (Wildman–Crippen LogP) is 10.1. The maximum Gasteiger partial charge on any atom is 0.409 e. The number of benzene rings is 3. The maximum absolute atomic E-state index is 13.7. The molecule has 0 unspecified atom stereocenters. The lowest BCUT2D eigenvalue weighted by Crippen LogP contribution is -2.47. The number of piperidine rings is 1. The van der Waals surface area contributed by atoms with Crippen molar-refractivity contribution < 1.29 is 23.9 Å². The van der Waals surface area contributed by atoms with E-state index >= 15 is 0 Å². The van der Waals surface area contributed by atoms with Gasteiger partial charge < -0.3 is 20.3 Å². The van der Waals surface area contributed by atoms with Crippen LogP contribution in [0.1, 0.15) is 127 Å². The van der Waals surface area contributed by atoms with E-state index in [-0.39, 0.29) is 64.0 Å². The number of halogens is 2. The Morgan fingerprint density at radius 2 is 1.35 bits per heavy atom. The van der Waals surface area contributed by atoms with Gasteiger partial charge in [0.25, 0.3) is 11.8 Å². The number of fused-ring (bicyclic) bond motifs is 3. The van der Waals surface area contributed by atoms with Crippen LogP contribution in [0.5, 0.6) is 0 Å². The third-order valence-corrected chi connectivity index (χ3v) is 11.2. The summed E-state index contributed by atoms with van der Waals surface area (Å²) in [5, 5.41) is 10.3. The number of anilines is 1. The van der Waals surface area contributed by atoms with E-state index in [1.807, 2.05) is 24.3 Å². The van der Waals surface area contributed by atoms with E-state index in [2.05, 4.69) is 46.9 Å². The Hall–Kier alpha value is -4.67. The Morgan fingerprint density at radius 3 is 1.96 bits per heavy atom. The third kappa shape index (κ3) is 9.96. The lowest BCUT2D eigenvalue weighted by molar-refractivity contribution is 0.0827. The van der Waals surface area contributed by atoms with E-state index in [0.717, 1.165) is 35.1 Å². The van der Waals surface area contributed by atoms with Crippen LogP contribution in [0.2, 0.25) is 10.0 Å². The number of rotatable bonds is 16. The zero-order valence-electron chi connectivity index (χ0n) is 31.3. The van der Waals surface area contributed by atoms with Crippen molar-refractivity contribution >= 4 is 52.7 Å². The molecule has 1 aromatic heterocycles. The quantitative estimate of drug-likeness (QED) is 0.109. The van der Waals surface area contributed by atoms with Crippen molar-refractivity contribution in [3.05, 3.63) is 105 Å². The van der Waals surface area contributed by atoms with Crippen LogP contribution in [0.4, 0.5) is 10.5 Å². The Bertz CT molecular complexity index is 1920. The molecule has 4 aromatic rings. The number of carbonyl (C=O) groups excluding carboxylic acids is 4. The maximum atomic E-state index is 13.7. The standard InChI is InChI=1S/C43H49Cl2N5O5/c1-2-3-4-5-6-7-8-9-10-22-38(51)50-27-37(47-41(52)39-35(44)20-15-21-36(39)45)40(48-50)42(53)46-29-23-25-49(26-24-29)43(54)55-28-34-32-18-13-11-16-30(32)31-17-12-14-19-33(31)34/h11-21,27,29,34H,2-10,22-26,28H2,1H3,(H,46,53)(H,47,52). The second kappa shape index (κ2) is 19.3. The van der Waals surface area contributed by atoms with Gasteiger partial charge in [-0.25, -0.2) is 9.48 Å². The van der Waals surface area contributed by atoms with Crippen LogP contribution in [0.25, 0.3) is 11.1 Å². The summed E-state index contributed by atoms with van der Waals surface area (Å²) >= 11 is 12.6. The molecule has 2 aliphatic rings. The molecule has 55 heavy (non-hydrogen) atoms. The molecule has 0 radical (unpaired) electrons. The molecule has 0 saturated carbocycles. The summed E-state index contributed by atoms with van der Waals surface area (Å²) in [6.07, 6.45) is 12.3. The number of amides is 3. The lowest BCUT2D eigenvalue weighted by Gasteiger charge is -2.32. The minimum absolute atomic E-state index is 0.0337. The molecule has 1 fully saturated rings. The Morgan fingerprint density at radius 1 is 0.764 bits per heavy atom. The average Bonchev–Trinajstić information content (AvgIpc) is 3.75. The first-order valence-corrected chi connectivity index (χ1v) is 20.3. The van der Waals surface area contributed by atoms with E-state index in [4.69, 9.17) is 27.9 Å². The summed E-state index contributed by atoms with van der Waals surface area (Å²) in [4.78, 5) is 55.1. The van der Waals surface area contributed by atoms with Gasteiger partial charge in [0, 0.05) is 31.5 Å². The van der Waals surface area contributed by atoms with Crippen LogP contribution in [-0.2, 0) is 4.74 Å². The van der Waals surface area contributed by atoms with Gasteiger partial charge in [-0.1, -0.05) is 136 Å². The summed E-state index contributed by atoms with van der Waals surface area (Å²) in [5.74, 6) is -1.49. The molecular weight excluding hydrogens is 737 g/mol. The van der Waals surface area contributed by atoms with Gasteiger partial charge in [0.15, 0.2) is 5.69 Å². The number of nitrogens with zero attached hydrogens (tertiary/aromatic N) is 3. The molecule has 2 N–H and O–H groups in total. The van der Waals surface area contributed by atoms with Gasteiger partial charge in [0.1, 0.15) is 6.61 Å². The van der Waals surface area contributed by atoms with E-state index in [1.165, 1.54) is 49.4 Å². The number of unbranched alkanes of at least 4 members (excludes halogenated alkanes) is 8. The van der Waals surface area contributed by atoms with Crippen LogP contribution < -0.4 is 10.6 Å². The lowest BCUT2D eigenvalue weighted by atomic mass is 9.98. The van der Waals surface area contributed by atoms with Crippen molar-refractivity contribution in [2.45, 2.75) is 95.9 Å². The van der Waals surface area contributed by atoms with Gasteiger partial charge in [-0.3, -0.25) is 14.4 Å². The zero-order valence-corrected chi connectivity index (χ0v) is 32.8. The van der Waals surface area contributed by atoms with E-state index < -0.39 is 11.8 Å². The van der Waals surface area contributed by atoms with Gasteiger partial charge >= 0.3 is 6.09 Å². The van der Waals surface area contributed by atoms with Gasteiger partial charge in [0.05, 0.1) is 27.5 Å². The highest BCUT2D eigenvalue weighted by molar-refractivity contribution is 6.40. The Labute approximate surface area is 332 Å². The van der Waals surface area contributed by atoms with Crippen molar-refractivity contribution in [1.29, 1.82) is 0 Å². The molecule has 1 aliphatic heterocycles. The molecule has 6 rings (SSSR count). The number of carbonyl (C=O) groups is 4. The number of hydrogen-bond acceptors (Lipinski definition) is 6. The highest BCUT2D eigenvalue weighted by Gasteiger charge is 2.32. The minimum atomic E-state index is -0.632. The van der Waals surface area contributed by atoms with E-state index in [9.17, 15) is 19.2 Å². The summed E-state index contributed by atoms with van der Waals surface area (Å²) in [6, 6.07) is 20.9. The van der Waals surface area contributed by atoms with Crippen LogP contribution in [0.15, 0.2) is 72.9 Å². The van der Waals surface area contributed by atoms with Gasteiger partial charge in [-0.2, -0.15) is 5.10 Å². The van der Waals surface area contributed by atoms with Gasteiger partial charge in [-0.15, -0.1) is 0 Å². The molecule has 3 amide bonds. The highest BCUT2D eigenvalue weighted by atomic mass is 35.5. The highest BCUT2D eigenvalue weighted by Crippen LogP contribution is 2.44. The predicted molar refractivity (Wildman–Crippen MR) is 216 cm³/mol. The number of hydrogen-bond donors (Lipinski definition) is 2. The fourth-order valence-corrected chi connectivity index (χ4v) is 8.08. The molecule has 2 heterocycles. The van der Waals surface area contributed by atoms with Crippen molar-refractivity contribution in [1.82, 2.24) is 20.0 Å². The van der Waals surface area contributed by atoms with E-state index in [0.29, 0.717) is 32.4 Å². The Balaban J connectivity index is 1.04. The molecule has 1 aliphatic carbocycles. The first kappa shape index (κ1) is 40.0. The summed E-state index contributed by atoms with van der Waals surface area (Å²) in [6.45, 7) is 3.22. The first-order chi connectivity index (χ1) is 26.7. The normalized spacial score (nSPS) is 14.0. The smallest absolute Gasteiger partial charge is 0.409 e.